The molecule has 1 fully saturated rings. The molecule has 1 aliphatic heterocycles. The fourth-order valence-corrected chi connectivity index (χ4v) is 2.81. The summed E-state index contributed by atoms with van der Waals surface area (Å²) in [5, 5.41) is 12.5. The summed E-state index contributed by atoms with van der Waals surface area (Å²) in [7, 11) is 0. The minimum atomic E-state index is -0.157. The maximum absolute atomic E-state index is 5.79. The molecule has 0 bridgehead atoms. The molecule has 142 valence electrons. The summed E-state index contributed by atoms with van der Waals surface area (Å²) < 4.78 is 11.1. The molecule has 1 saturated heterocycles. The number of ether oxygens (including phenoxy) is 1. The van der Waals surface area contributed by atoms with Gasteiger partial charge in [-0.15, -0.1) is 10.2 Å². The Morgan fingerprint density at radius 2 is 1.92 bits per heavy atom. The Kier molecular flexibility index (Phi) is 6.39. The van der Waals surface area contributed by atoms with Crippen LogP contribution in [0.2, 0.25) is 5.15 Å². The lowest BCUT2D eigenvalue weighted by atomic mass is 10.2. The summed E-state index contributed by atoms with van der Waals surface area (Å²) in [5.41, 5.74) is 0. The highest BCUT2D eigenvalue weighted by Crippen LogP contribution is 2.17. The summed E-state index contributed by atoms with van der Waals surface area (Å²) in [4.78, 5) is 8.96. The molecule has 2 aromatic rings. The molecule has 8 nitrogen and oxygen atoms in total. The molecular formula is C17H25ClN6O2. The molecule has 0 radical (unpaired) electrons. The van der Waals surface area contributed by atoms with Gasteiger partial charge in [0, 0.05) is 32.8 Å². The predicted octanol–water partition coefficient (Wildman–Crippen LogP) is 2.57. The monoisotopic (exact) mass is 380 g/mol. The van der Waals surface area contributed by atoms with Crippen LogP contribution >= 0.6 is 11.6 Å². The predicted molar refractivity (Wildman–Crippen MR) is 98.0 cm³/mol. The zero-order chi connectivity index (χ0) is 18.5. The fraction of sp³-hybridized carbons (Fsp3) is 0.647. The van der Waals surface area contributed by atoms with Crippen molar-refractivity contribution in [3.63, 3.8) is 0 Å². The van der Waals surface area contributed by atoms with Gasteiger partial charge in [-0.1, -0.05) is 30.6 Å². The molecule has 0 saturated carbocycles. The third-order valence-corrected chi connectivity index (χ3v) is 4.40. The third kappa shape index (κ3) is 5.12. The van der Waals surface area contributed by atoms with Crippen molar-refractivity contribution in [2.45, 2.75) is 33.4 Å². The Labute approximate surface area is 158 Å². The van der Waals surface area contributed by atoms with Crippen molar-refractivity contribution >= 4 is 17.4 Å². The van der Waals surface area contributed by atoms with E-state index in [0.717, 1.165) is 32.0 Å². The highest BCUT2D eigenvalue weighted by Gasteiger charge is 2.21. The van der Waals surface area contributed by atoms with E-state index in [1.165, 1.54) is 0 Å². The standard InChI is InChI=1S/C17H25ClN6O2/c1-12(2)11-25-13(3)17-19-16(26-22-17)10-23-6-8-24(9-7-23)15-5-4-14(18)20-21-15/h4-5,12-13H,6-11H2,1-3H3. The fourth-order valence-electron chi connectivity index (χ4n) is 2.71. The Morgan fingerprint density at radius 1 is 1.15 bits per heavy atom. The molecule has 26 heavy (non-hydrogen) atoms. The second-order valence-corrected chi connectivity index (χ2v) is 7.28. The third-order valence-electron chi connectivity index (χ3n) is 4.20. The number of rotatable bonds is 7. The van der Waals surface area contributed by atoms with Gasteiger partial charge in [-0.25, -0.2) is 0 Å². The van der Waals surface area contributed by atoms with Crippen LogP contribution in [0.4, 0.5) is 5.82 Å². The van der Waals surface area contributed by atoms with E-state index in [2.05, 4.69) is 44.0 Å². The number of hydrogen-bond donors (Lipinski definition) is 0. The molecule has 3 heterocycles. The van der Waals surface area contributed by atoms with Gasteiger partial charge >= 0.3 is 0 Å². The van der Waals surface area contributed by atoms with Crippen molar-refractivity contribution in [2.75, 3.05) is 37.7 Å². The van der Waals surface area contributed by atoms with E-state index in [9.17, 15) is 0 Å². The average molecular weight is 381 g/mol. The molecule has 0 aromatic carbocycles. The van der Waals surface area contributed by atoms with E-state index in [1.807, 2.05) is 13.0 Å². The Bertz CT molecular complexity index is 685. The molecule has 0 spiro atoms. The molecule has 1 unspecified atom stereocenters. The molecule has 3 rings (SSSR count). The lowest BCUT2D eigenvalue weighted by molar-refractivity contribution is 0.0402. The first-order valence-electron chi connectivity index (χ1n) is 8.92. The lowest BCUT2D eigenvalue weighted by Gasteiger charge is -2.34. The second kappa shape index (κ2) is 8.75. The van der Waals surface area contributed by atoms with Gasteiger partial charge < -0.3 is 14.2 Å². The summed E-state index contributed by atoms with van der Waals surface area (Å²) in [6, 6.07) is 3.66. The molecule has 2 aromatic heterocycles. The Morgan fingerprint density at radius 3 is 2.58 bits per heavy atom. The Hall–Kier alpha value is -1.77. The number of nitrogens with zero attached hydrogens (tertiary/aromatic N) is 6. The van der Waals surface area contributed by atoms with E-state index < -0.39 is 0 Å². The van der Waals surface area contributed by atoms with E-state index in [4.69, 9.17) is 20.9 Å². The SMILES string of the molecule is CC(C)COC(C)c1noc(CN2CCN(c3ccc(Cl)nn3)CC2)n1. The molecule has 1 atom stereocenters. The number of hydrogen-bond acceptors (Lipinski definition) is 8. The van der Waals surface area contributed by atoms with Crippen LogP contribution in [0.15, 0.2) is 16.7 Å². The Balaban J connectivity index is 1.48. The minimum Gasteiger partial charge on any atom is -0.370 e. The van der Waals surface area contributed by atoms with Crippen LogP contribution in [-0.2, 0) is 11.3 Å². The first kappa shape index (κ1) is 19.0. The highest BCUT2D eigenvalue weighted by atomic mass is 35.5. The van der Waals surface area contributed by atoms with Crippen LogP contribution in [0.5, 0.6) is 0 Å². The summed E-state index contributed by atoms with van der Waals surface area (Å²) in [5.74, 6) is 2.56. The van der Waals surface area contributed by atoms with Gasteiger partial charge in [0.1, 0.15) is 6.10 Å². The molecule has 0 N–H and O–H groups in total. The van der Waals surface area contributed by atoms with E-state index in [1.54, 1.807) is 6.07 Å². The quantitative estimate of drug-likeness (QED) is 0.725. The van der Waals surface area contributed by atoms with Crippen molar-refractivity contribution in [3.05, 3.63) is 29.0 Å². The van der Waals surface area contributed by atoms with E-state index in [0.29, 0.717) is 35.9 Å². The van der Waals surface area contributed by atoms with Crippen LogP contribution in [-0.4, -0.2) is 58.0 Å². The number of piperazine rings is 1. The summed E-state index contributed by atoms with van der Waals surface area (Å²) in [6.45, 7) is 11.0. The smallest absolute Gasteiger partial charge is 0.240 e. The van der Waals surface area contributed by atoms with Gasteiger partial charge in [0.25, 0.3) is 0 Å². The van der Waals surface area contributed by atoms with Gasteiger partial charge in [0.15, 0.2) is 16.8 Å². The number of anilines is 1. The largest absolute Gasteiger partial charge is 0.370 e. The highest BCUT2D eigenvalue weighted by molar-refractivity contribution is 6.29. The topological polar surface area (TPSA) is 80.4 Å². The van der Waals surface area contributed by atoms with Crippen molar-refractivity contribution in [1.29, 1.82) is 0 Å². The van der Waals surface area contributed by atoms with Gasteiger partial charge in [0.2, 0.25) is 5.89 Å². The van der Waals surface area contributed by atoms with Crippen LogP contribution in [0, 0.1) is 5.92 Å². The van der Waals surface area contributed by atoms with Crippen molar-refractivity contribution in [2.24, 2.45) is 5.92 Å². The first-order chi connectivity index (χ1) is 12.5. The average Bonchev–Trinajstić information content (AvgIpc) is 3.10. The summed E-state index contributed by atoms with van der Waals surface area (Å²) >= 11 is 5.79. The lowest BCUT2D eigenvalue weighted by Crippen LogP contribution is -2.46. The molecule has 1 aliphatic rings. The normalized spacial score (nSPS) is 17.0. The zero-order valence-electron chi connectivity index (χ0n) is 15.4. The van der Waals surface area contributed by atoms with Crippen LogP contribution in [0.1, 0.15) is 38.6 Å². The van der Waals surface area contributed by atoms with Crippen LogP contribution in [0.25, 0.3) is 0 Å². The van der Waals surface area contributed by atoms with Gasteiger partial charge in [-0.3, -0.25) is 4.90 Å². The van der Waals surface area contributed by atoms with Crippen LogP contribution < -0.4 is 4.90 Å². The molecular weight excluding hydrogens is 356 g/mol. The van der Waals surface area contributed by atoms with Crippen molar-refractivity contribution in [3.8, 4) is 0 Å². The van der Waals surface area contributed by atoms with Crippen molar-refractivity contribution < 1.29 is 9.26 Å². The molecule has 0 amide bonds. The zero-order valence-corrected chi connectivity index (χ0v) is 16.2. The van der Waals surface area contributed by atoms with Crippen molar-refractivity contribution in [1.82, 2.24) is 25.2 Å². The van der Waals surface area contributed by atoms with Gasteiger partial charge in [-0.05, 0) is 25.0 Å². The first-order valence-corrected chi connectivity index (χ1v) is 9.29. The van der Waals surface area contributed by atoms with E-state index in [-0.39, 0.29) is 6.10 Å². The molecule has 9 heteroatoms. The van der Waals surface area contributed by atoms with E-state index >= 15 is 0 Å². The minimum absolute atomic E-state index is 0.157. The maximum atomic E-state index is 5.79. The maximum Gasteiger partial charge on any atom is 0.240 e. The summed E-state index contributed by atoms with van der Waals surface area (Å²) in [6.07, 6.45) is -0.157. The van der Waals surface area contributed by atoms with Gasteiger partial charge in [-0.2, -0.15) is 4.98 Å². The van der Waals surface area contributed by atoms with Crippen LogP contribution in [0.3, 0.4) is 0 Å². The second-order valence-electron chi connectivity index (χ2n) is 6.89. The molecule has 0 aliphatic carbocycles. The number of halogens is 1. The number of aromatic nitrogens is 4. The van der Waals surface area contributed by atoms with Gasteiger partial charge in [0.05, 0.1) is 6.54 Å².